The molecule has 0 aliphatic rings. The molecule has 2 aromatic rings. The molecule has 0 saturated carbocycles. The fourth-order valence-electron chi connectivity index (χ4n) is 4.63. The van der Waals surface area contributed by atoms with Crippen molar-refractivity contribution in [3.05, 3.63) is 94.5 Å². The minimum absolute atomic E-state index is 0.186. The van der Waals surface area contributed by atoms with E-state index in [2.05, 4.69) is 81.5 Å². The van der Waals surface area contributed by atoms with E-state index >= 15 is 0 Å². The van der Waals surface area contributed by atoms with Gasteiger partial charge in [0.15, 0.2) is 9.84 Å². The van der Waals surface area contributed by atoms with Gasteiger partial charge in [-0.2, -0.15) is 0 Å². The highest BCUT2D eigenvalue weighted by Crippen LogP contribution is 2.26. The molecule has 1 N–H and O–H groups in total. The number of hydrogen-bond acceptors (Lipinski definition) is 5. The molecule has 0 radical (unpaired) electrons. The number of pyridine rings is 1. The van der Waals surface area contributed by atoms with Crippen LogP contribution in [0.5, 0.6) is 0 Å². The summed E-state index contributed by atoms with van der Waals surface area (Å²) in [5.41, 5.74) is 7.87. The van der Waals surface area contributed by atoms with Gasteiger partial charge in [-0.25, -0.2) is 8.42 Å². The zero-order valence-corrected chi connectivity index (χ0v) is 29.4. The number of benzene rings is 1. The molecule has 242 valence electrons. The van der Waals surface area contributed by atoms with Crippen molar-refractivity contribution in [3.8, 4) is 12.8 Å². The van der Waals surface area contributed by atoms with Crippen LogP contribution >= 0.6 is 0 Å². The van der Waals surface area contributed by atoms with Crippen LogP contribution in [0, 0.1) is 18.8 Å². The summed E-state index contributed by atoms with van der Waals surface area (Å²) in [7, 11) is -1.52. The molecule has 1 heterocycles. The summed E-state index contributed by atoms with van der Waals surface area (Å²) >= 11 is 0. The number of nitrogens with one attached hydrogen (secondary N) is 1. The third-order valence-electron chi connectivity index (χ3n) is 7.32. The lowest BCUT2D eigenvalue weighted by Gasteiger charge is -2.18. The third-order valence-corrected chi connectivity index (χ3v) is 9.20. The Labute approximate surface area is 270 Å². The highest BCUT2D eigenvalue weighted by molar-refractivity contribution is 7.91. The van der Waals surface area contributed by atoms with Gasteiger partial charge in [0.2, 0.25) is 0 Å². The summed E-state index contributed by atoms with van der Waals surface area (Å²) < 4.78 is 26.5. The molecule has 0 bridgehead atoms. The molecule has 0 aliphatic heterocycles. The normalized spacial score (nSPS) is 11.9. The van der Waals surface area contributed by atoms with Crippen LogP contribution in [0.3, 0.4) is 0 Å². The van der Waals surface area contributed by atoms with Crippen LogP contribution in [-0.2, 0) is 29.2 Å². The first kappa shape index (κ1) is 40.6. The van der Waals surface area contributed by atoms with Gasteiger partial charge in [-0.1, -0.05) is 69.5 Å². The number of terminal acetylenes is 1. The van der Waals surface area contributed by atoms with Crippen molar-refractivity contribution in [3.63, 3.8) is 0 Å². The molecule has 0 amide bonds. The lowest BCUT2D eigenvalue weighted by atomic mass is 9.90. The van der Waals surface area contributed by atoms with Crippen molar-refractivity contribution in [2.75, 3.05) is 12.8 Å². The molecule has 1 unspecified atom stereocenters. The fourth-order valence-corrected chi connectivity index (χ4v) is 6.34. The van der Waals surface area contributed by atoms with Crippen molar-refractivity contribution < 1.29 is 8.42 Å². The van der Waals surface area contributed by atoms with Gasteiger partial charge < -0.3 is 5.32 Å². The predicted molar refractivity (Wildman–Crippen MR) is 192 cm³/mol. The second kappa shape index (κ2) is 23.0. The number of aliphatic imine (C=N–C) groups is 1. The van der Waals surface area contributed by atoms with Crippen LogP contribution < -0.4 is 5.32 Å². The summed E-state index contributed by atoms with van der Waals surface area (Å²) in [5, 5.41) is 3.42. The van der Waals surface area contributed by atoms with Crippen molar-refractivity contribution in [1.82, 2.24) is 10.3 Å². The van der Waals surface area contributed by atoms with Gasteiger partial charge in [0.25, 0.3) is 0 Å². The standard InChI is InChI=1S/C29H42N2O2S.C7H13N.C2H2/c1-6-11-25-15-16-27(8-3)29(20-25)34(32,33)18-10-14-28(12-7-2)23(4)19-24(5)31-22-26-13-9-17-30-21-26;1-6(2)7(3)5-8-4;1-2/h9,13,15-17,19-21,28,31H,4,6-8,10-12,14,18,22H2,1-3,5H3;5H,1-4H3;1-2H/b24-19+;;. The van der Waals surface area contributed by atoms with Crippen LogP contribution in [0.15, 0.2) is 87.7 Å². The summed E-state index contributed by atoms with van der Waals surface area (Å²) in [5.74, 6) is 0.470. The highest BCUT2D eigenvalue weighted by atomic mass is 32.2. The number of nitrogens with zero attached hydrogens (tertiary/aromatic N) is 2. The first-order valence-corrected chi connectivity index (χ1v) is 17.4. The van der Waals surface area contributed by atoms with E-state index in [0.29, 0.717) is 11.3 Å². The summed E-state index contributed by atoms with van der Waals surface area (Å²) in [4.78, 5) is 8.55. The minimum atomic E-state index is -3.31. The van der Waals surface area contributed by atoms with E-state index in [1.54, 1.807) is 13.2 Å². The molecule has 6 heteroatoms. The monoisotopic (exact) mass is 619 g/mol. The summed E-state index contributed by atoms with van der Waals surface area (Å²) in [6, 6.07) is 9.94. The summed E-state index contributed by atoms with van der Waals surface area (Å²) in [6.07, 6.45) is 21.8. The number of rotatable bonds is 16. The Balaban J connectivity index is 0.00000160. The second-order valence-corrected chi connectivity index (χ2v) is 13.3. The van der Waals surface area contributed by atoms with E-state index < -0.39 is 9.84 Å². The maximum atomic E-state index is 13.2. The molecule has 1 aromatic heterocycles. The second-order valence-electron chi connectivity index (χ2n) is 11.2. The average Bonchev–Trinajstić information content (AvgIpc) is 3.01. The Morgan fingerprint density at radius 3 is 2.27 bits per heavy atom. The Morgan fingerprint density at radius 1 is 1.05 bits per heavy atom. The van der Waals surface area contributed by atoms with E-state index in [9.17, 15) is 8.42 Å². The lowest BCUT2D eigenvalue weighted by Crippen LogP contribution is -2.14. The molecule has 44 heavy (non-hydrogen) atoms. The molecular weight excluding hydrogens is 563 g/mol. The van der Waals surface area contributed by atoms with E-state index in [0.717, 1.165) is 73.0 Å². The molecule has 0 spiro atoms. The van der Waals surface area contributed by atoms with Crippen molar-refractivity contribution in [1.29, 1.82) is 0 Å². The lowest BCUT2D eigenvalue weighted by molar-refractivity contribution is 0.509. The van der Waals surface area contributed by atoms with E-state index in [-0.39, 0.29) is 11.7 Å². The van der Waals surface area contributed by atoms with Gasteiger partial charge >= 0.3 is 0 Å². The van der Waals surface area contributed by atoms with E-state index in [1.807, 2.05) is 50.5 Å². The predicted octanol–water partition coefficient (Wildman–Crippen LogP) is 9.11. The maximum absolute atomic E-state index is 13.2. The van der Waals surface area contributed by atoms with Gasteiger partial charge in [-0.15, -0.1) is 12.8 Å². The molecule has 1 atom stereocenters. The smallest absolute Gasteiger partial charge is 0.178 e. The van der Waals surface area contributed by atoms with Crippen LogP contribution in [0.2, 0.25) is 0 Å². The largest absolute Gasteiger partial charge is 0.384 e. The van der Waals surface area contributed by atoms with E-state index in [4.69, 9.17) is 0 Å². The first-order chi connectivity index (χ1) is 21.0. The SMILES string of the molecule is C#C.C=C(/C=C(\C)NCc1cccnc1)C(CCC)CCCS(=O)(=O)c1cc(CCC)ccc1CC.CN=CC(C)=C(C)C. The molecule has 2 rings (SSSR count). The number of sulfone groups is 1. The quantitative estimate of drug-likeness (QED) is 0.116. The Kier molecular flexibility index (Phi) is 21.2. The number of allylic oxidation sites excluding steroid dienone is 5. The van der Waals surface area contributed by atoms with E-state index in [1.165, 1.54) is 11.1 Å². The Bertz CT molecular complexity index is 1330. The Morgan fingerprint density at radius 2 is 1.75 bits per heavy atom. The van der Waals surface area contributed by atoms with Gasteiger partial charge in [-0.05, 0) is 106 Å². The zero-order chi connectivity index (χ0) is 33.5. The number of aromatic nitrogens is 1. The fraction of sp³-hybridized carbons (Fsp3) is 0.474. The molecule has 0 saturated heterocycles. The van der Waals surface area contributed by atoms with Crippen molar-refractivity contribution in [2.45, 2.75) is 105 Å². The molecule has 1 aromatic carbocycles. The molecule has 0 fully saturated rings. The maximum Gasteiger partial charge on any atom is 0.178 e. The summed E-state index contributed by atoms with van der Waals surface area (Å²) in [6.45, 7) is 19.6. The van der Waals surface area contributed by atoms with Crippen LogP contribution in [0.1, 0.15) is 97.3 Å². The van der Waals surface area contributed by atoms with Crippen LogP contribution in [0.4, 0.5) is 0 Å². The van der Waals surface area contributed by atoms with Crippen LogP contribution in [0.25, 0.3) is 0 Å². The van der Waals surface area contributed by atoms with Gasteiger partial charge in [0.1, 0.15) is 0 Å². The molecule has 0 aliphatic carbocycles. The molecular formula is C38H57N3O2S. The molecule has 5 nitrogen and oxygen atoms in total. The number of aryl methyl sites for hydroxylation is 2. The average molecular weight is 620 g/mol. The van der Waals surface area contributed by atoms with Gasteiger partial charge in [0, 0.05) is 37.9 Å². The Hall–Kier alpha value is -3.43. The van der Waals surface area contributed by atoms with Crippen molar-refractivity contribution >= 4 is 16.1 Å². The number of hydrogen-bond donors (Lipinski definition) is 1. The highest BCUT2D eigenvalue weighted by Gasteiger charge is 2.20. The first-order valence-electron chi connectivity index (χ1n) is 15.7. The van der Waals surface area contributed by atoms with Crippen molar-refractivity contribution in [2.24, 2.45) is 10.9 Å². The minimum Gasteiger partial charge on any atom is -0.384 e. The van der Waals surface area contributed by atoms with Gasteiger partial charge in [-0.3, -0.25) is 9.98 Å². The topological polar surface area (TPSA) is 71.4 Å². The third kappa shape index (κ3) is 15.9. The zero-order valence-electron chi connectivity index (χ0n) is 28.6. The van der Waals surface area contributed by atoms with Crippen LogP contribution in [-0.4, -0.2) is 32.4 Å². The van der Waals surface area contributed by atoms with Gasteiger partial charge in [0.05, 0.1) is 10.6 Å².